The van der Waals surface area contributed by atoms with Crippen molar-refractivity contribution in [1.29, 1.82) is 0 Å². The smallest absolute Gasteiger partial charge is 0.253 e. The van der Waals surface area contributed by atoms with E-state index in [4.69, 9.17) is 0 Å². The Labute approximate surface area is 214 Å². The van der Waals surface area contributed by atoms with Crippen molar-refractivity contribution in [3.05, 3.63) is 72.2 Å². The molecule has 2 fully saturated rings. The number of rotatable bonds is 7. The second kappa shape index (κ2) is 10.8. The highest BCUT2D eigenvalue weighted by Crippen LogP contribution is 2.27. The molecule has 2 aromatic carbocycles. The van der Waals surface area contributed by atoms with Crippen molar-refractivity contribution in [2.45, 2.75) is 31.0 Å². The fraction of sp³-hybridized carbons (Fsp3) is 0.370. The number of piperidine rings is 1. The average molecular weight is 509 g/mol. The van der Waals surface area contributed by atoms with Gasteiger partial charge in [0, 0.05) is 55.9 Å². The Morgan fingerprint density at radius 1 is 1.00 bits per heavy atom. The number of nitrogens with one attached hydrogen (secondary N) is 2. The zero-order valence-corrected chi connectivity index (χ0v) is 20.4. The van der Waals surface area contributed by atoms with Crippen LogP contribution in [0.2, 0.25) is 0 Å². The summed E-state index contributed by atoms with van der Waals surface area (Å²) in [5.41, 5.74) is 1.10. The van der Waals surface area contributed by atoms with Gasteiger partial charge in [-0.05, 0) is 73.9 Å². The van der Waals surface area contributed by atoms with Gasteiger partial charge in [0.05, 0.1) is 5.60 Å². The number of carbonyl (C=O) groups is 1. The Morgan fingerprint density at radius 3 is 2.35 bits per heavy atom. The number of β-amino-alcohol motifs (C(OH)–C–C–N with tert-alkyl or cyclic N) is 1. The van der Waals surface area contributed by atoms with Crippen LogP contribution in [-0.2, 0) is 0 Å². The number of carbonyl (C=O) groups excluding carboxylic acids is 1. The lowest BCUT2D eigenvalue weighted by atomic mass is 9.90. The first-order valence-electron chi connectivity index (χ1n) is 12.5. The van der Waals surface area contributed by atoms with E-state index in [1.165, 1.54) is 12.1 Å². The number of benzene rings is 2. The minimum absolute atomic E-state index is 0.0830. The lowest BCUT2D eigenvalue weighted by Crippen LogP contribution is -2.51. The zero-order valence-electron chi connectivity index (χ0n) is 20.4. The number of hydrogen-bond donors (Lipinski definition) is 3. The van der Waals surface area contributed by atoms with Crippen LogP contribution in [0.25, 0.3) is 0 Å². The second-order valence-corrected chi connectivity index (χ2v) is 9.74. The van der Waals surface area contributed by atoms with Crippen molar-refractivity contribution in [3.8, 4) is 0 Å². The molecule has 0 aliphatic carbocycles. The van der Waals surface area contributed by atoms with Crippen LogP contribution in [0.5, 0.6) is 0 Å². The molecule has 3 aromatic rings. The van der Waals surface area contributed by atoms with Crippen LogP contribution in [0.3, 0.4) is 0 Å². The summed E-state index contributed by atoms with van der Waals surface area (Å²) in [5, 5.41) is 17.2. The molecule has 0 spiro atoms. The third-order valence-electron chi connectivity index (χ3n) is 6.87. The third-order valence-corrected chi connectivity index (χ3v) is 6.87. The number of aliphatic hydroxyl groups is 1. The number of aromatic nitrogens is 2. The predicted octanol–water partition coefficient (Wildman–Crippen LogP) is 4.11. The number of likely N-dealkylation sites (tertiary alicyclic amines) is 2. The van der Waals surface area contributed by atoms with Crippen LogP contribution in [0, 0.1) is 5.82 Å². The van der Waals surface area contributed by atoms with E-state index in [1.54, 1.807) is 53.6 Å². The fourth-order valence-corrected chi connectivity index (χ4v) is 4.81. The highest BCUT2D eigenvalue weighted by atomic mass is 19.1. The van der Waals surface area contributed by atoms with Gasteiger partial charge in [-0.2, -0.15) is 4.98 Å². The monoisotopic (exact) mass is 508 g/mol. The van der Waals surface area contributed by atoms with Gasteiger partial charge in [-0.1, -0.05) is 0 Å². The summed E-state index contributed by atoms with van der Waals surface area (Å²) in [6, 6.07) is 14.8. The van der Waals surface area contributed by atoms with Crippen molar-refractivity contribution >= 4 is 29.0 Å². The molecular formula is C27H30F2N6O2. The first kappa shape index (κ1) is 25.0. The number of nitrogens with zero attached hydrogens (tertiary/aromatic N) is 4. The Bertz CT molecular complexity index is 1220. The van der Waals surface area contributed by atoms with E-state index in [2.05, 4.69) is 20.6 Å². The van der Waals surface area contributed by atoms with Crippen molar-refractivity contribution in [2.75, 3.05) is 43.4 Å². The Kier molecular flexibility index (Phi) is 7.29. The van der Waals surface area contributed by atoms with Crippen molar-refractivity contribution < 1.29 is 18.7 Å². The van der Waals surface area contributed by atoms with Gasteiger partial charge in [0.2, 0.25) is 5.95 Å². The zero-order chi connectivity index (χ0) is 25.8. The van der Waals surface area contributed by atoms with Crippen LogP contribution in [0.1, 0.15) is 29.6 Å². The first-order chi connectivity index (χ1) is 17.8. The largest absolute Gasteiger partial charge is 0.388 e. The Morgan fingerprint density at radius 2 is 1.68 bits per heavy atom. The maximum absolute atomic E-state index is 13.5. The summed E-state index contributed by atoms with van der Waals surface area (Å²) >= 11 is 0. The summed E-state index contributed by atoms with van der Waals surface area (Å²) in [6.07, 6.45) is 2.28. The van der Waals surface area contributed by atoms with E-state index in [0.717, 1.165) is 5.69 Å². The lowest BCUT2D eigenvalue weighted by Gasteiger charge is -2.40. The maximum atomic E-state index is 13.5. The SMILES string of the molecule is O=C(c1ccc(Nc2nccc(Nc3ccc(F)cc3)n2)cc1)N1CCC(O)(CN2CCC(F)C2)CC1. The molecular weight excluding hydrogens is 478 g/mol. The van der Waals surface area contributed by atoms with Gasteiger partial charge in [-0.25, -0.2) is 13.8 Å². The van der Waals surface area contributed by atoms with E-state index in [-0.39, 0.29) is 11.7 Å². The van der Waals surface area contributed by atoms with E-state index >= 15 is 0 Å². The molecule has 5 rings (SSSR count). The molecule has 1 unspecified atom stereocenters. The van der Waals surface area contributed by atoms with E-state index < -0.39 is 11.8 Å². The van der Waals surface area contributed by atoms with Crippen molar-refractivity contribution in [3.63, 3.8) is 0 Å². The molecule has 1 amide bonds. The van der Waals surface area contributed by atoms with E-state index in [1.807, 2.05) is 4.90 Å². The third kappa shape index (κ3) is 6.39. The van der Waals surface area contributed by atoms with Gasteiger partial charge in [-0.15, -0.1) is 0 Å². The first-order valence-corrected chi connectivity index (χ1v) is 12.5. The minimum atomic E-state index is -0.880. The molecule has 10 heteroatoms. The van der Waals surface area contributed by atoms with Gasteiger partial charge >= 0.3 is 0 Å². The number of amides is 1. The van der Waals surface area contributed by atoms with Gasteiger partial charge in [0.15, 0.2) is 0 Å². The van der Waals surface area contributed by atoms with Crippen LogP contribution in [0.4, 0.5) is 31.9 Å². The minimum Gasteiger partial charge on any atom is -0.388 e. The molecule has 0 radical (unpaired) electrons. The van der Waals surface area contributed by atoms with Gasteiger partial charge in [0.1, 0.15) is 17.8 Å². The molecule has 37 heavy (non-hydrogen) atoms. The van der Waals surface area contributed by atoms with Gasteiger partial charge in [-0.3, -0.25) is 9.69 Å². The average Bonchev–Trinajstić information content (AvgIpc) is 3.30. The highest BCUT2D eigenvalue weighted by Gasteiger charge is 2.37. The quantitative estimate of drug-likeness (QED) is 0.442. The van der Waals surface area contributed by atoms with Crippen molar-refractivity contribution in [2.24, 2.45) is 0 Å². The van der Waals surface area contributed by atoms with Gasteiger partial charge in [0.25, 0.3) is 5.91 Å². The topological polar surface area (TPSA) is 93.6 Å². The number of anilines is 4. The molecule has 3 N–H and O–H groups in total. The van der Waals surface area contributed by atoms with Crippen molar-refractivity contribution in [1.82, 2.24) is 19.8 Å². The van der Waals surface area contributed by atoms with Crippen LogP contribution < -0.4 is 10.6 Å². The summed E-state index contributed by atoms with van der Waals surface area (Å²) in [4.78, 5) is 25.4. The van der Waals surface area contributed by atoms with Crippen LogP contribution in [-0.4, -0.2) is 75.3 Å². The highest BCUT2D eigenvalue weighted by molar-refractivity contribution is 5.94. The second-order valence-electron chi connectivity index (χ2n) is 9.74. The summed E-state index contributed by atoms with van der Waals surface area (Å²) in [7, 11) is 0. The normalized spacial score (nSPS) is 19.5. The molecule has 0 bridgehead atoms. The molecule has 1 atom stereocenters. The molecule has 2 aliphatic rings. The number of halogens is 2. The van der Waals surface area contributed by atoms with E-state index in [9.17, 15) is 18.7 Å². The Hall–Kier alpha value is -3.63. The number of alkyl halides is 1. The molecule has 0 saturated carbocycles. The standard InChI is InChI=1S/C27H30F2N6O2/c28-20-3-7-22(8-4-20)31-24-9-13-30-26(33-24)32-23-5-1-19(2-6-23)25(36)35-15-11-27(37,12-16-35)18-34-14-10-21(29)17-34/h1-9,13,21,37H,10-12,14-18H2,(H2,30,31,32,33). The molecule has 2 aliphatic heterocycles. The predicted molar refractivity (Wildman–Crippen MR) is 137 cm³/mol. The van der Waals surface area contributed by atoms with Crippen LogP contribution in [0.15, 0.2) is 60.8 Å². The summed E-state index contributed by atoms with van der Waals surface area (Å²) in [5.74, 6) is 0.531. The molecule has 2 saturated heterocycles. The molecule has 3 heterocycles. The van der Waals surface area contributed by atoms with Crippen LogP contribution >= 0.6 is 0 Å². The van der Waals surface area contributed by atoms with Gasteiger partial charge < -0.3 is 20.6 Å². The summed E-state index contributed by atoms with van der Waals surface area (Å²) in [6.45, 7) is 2.43. The number of hydrogen-bond acceptors (Lipinski definition) is 7. The lowest BCUT2D eigenvalue weighted by molar-refractivity contribution is -0.0374. The fourth-order valence-electron chi connectivity index (χ4n) is 4.81. The molecule has 194 valence electrons. The Balaban J connectivity index is 1.15. The molecule has 8 nitrogen and oxygen atoms in total. The van der Waals surface area contributed by atoms with E-state index in [0.29, 0.717) is 75.0 Å². The summed E-state index contributed by atoms with van der Waals surface area (Å²) < 4.78 is 26.6. The molecule has 1 aromatic heterocycles. The maximum Gasteiger partial charge on any atom is 0.253 e.